The van der Waals surface area contributed by atoms with Gasteiger partial charge in [0.2, 0.25) is 0 Å². The van der Waals surface area contributed by atoms with Crippen LogP contribution in [0.3, 0.4) is 0 Å². The molecule has 11 heteroatoms. The third-order valence-corrected chi connectivity index (χ3v) is 6.36. The molecule has 2 heterocycles. The zero-order chi connectivity index (χ0) is 27.1. The largest absolute Gasteiger partial charge is 0.433 e. The van der Waals surface area contributed by atoms with Crippen molar-refractivity contribution in [2.75, 3.05) is 19.4 Å². The maximum atomic E-state index is 13.5. The molecule has 0 bridgehead atoms. The van der Waals surface area contributed by atoms with Gasteiger partial charge in [-0.2, -0.15) is 18.3 Å². The zero-order valence-corrected chi connectivity index (χ0v) is 22.0. The minimum atomic E-state index is -4.71. The number of carbonyl (C=O) groups is 2. The highest BCUT2D eigenvalue weighted by Crippen LogP contribution is 2.32. The van der Waals surface area contributed by atoms with Crippen molar-refractivity contribution in [1.29, 1.82) is 0 Å². The van der Waals surface area contributed by atoms with Crippen LogP contribution in [0.15, 0.2) is 53.0 Å². The van der Waals surface area contributed by atoms with E-state index in [4.69, 9.17) is 0 Å². The van der Waals surface area contributed by atoms with Gasteiger partial charge in [-0.25, -0.2) is 4.98 Å². The van der Waals surface area contributed by atoms with Gasteiger partial charge in [-0.1, -0.05) is 28.1 Å². The van der Waals surface area contributed by atoms with Crippen LogP contribution in [0, 0.1) is 13.8 Å². The van der Waals surface area contributed by atoms with Gasteiger partial charge in [-0.15, -0.1) is 0 Å². The van der Waals surface area contributed by atoms with Crippen molar-refractivity contribution in [3.8, 4) is 0 Å². The Balaban J connectivity index is 1.64. The van der Waals surface area contributed by atoms with Gasteiger partial charge in [-0.3, -0.25) is 14.3 Å². The van der Waals surface area contributed by atoms with Crippen LogP contribution in [0.2, 0.25) is 0 Å². The van der Waals surface area contributed by atoms with Gasteiger partial charge in [0.15, 0.2) is 0 Å². The molecule has 0 saturated carbocycles. The number of fused-ring (bicyclic) bond motifs is 1. The number of alkyl halides is 3. The third kappa shape index (κ3) is 5.51. The molecule has 0 aliphatic rings. The second-order valence-corrected chi connectivity index (χ2v) is 9.68. The minimum absolute atomic E-state index is 0.0588. The van der Waals surface area contributed by atoms with E-state index in [-0.39, 0.29) is 22.4 Å². The Morgan fingerprint density at radius 1 is 1.05 bits per heavy atom. The van der Waals surface area contributed by atoms with Crippen LogP contribution in [-0.2, 0) is 12.7 Å². The van der Waals surface area contributed by atoms with E-state index >= 15 is 0 Å². The summed E-state index contributed by atoms with van der Waals surface area (Å²) >= 11 is 3.30. The van der Waals surface area contributed by atoms with Gasteiger partial charge in [0.1, 0.15) is 5.69 Å². The molecule has 0 aliphatic heterocycles. The molecule has 0 aliphatic carbocycles. The maximum absolute atomic E-state index is 13.5. The fourth-order valence-electron chi connectivity index (χ4n) is 3.93. The lowest BCUT2D eigenvalue weighted by Crippen LogP contribution is -2.21. The summed E-state index contributed by atoms with van der Waals surface area (Å²) in [6.07, 6.45) is -4.71. The molecule has 2 aromatic carbocycles. The summed E-state index contributed by atoms with van der Waals surface area (Å²) in [6, 6.07) is 12.4. The molecule has 37 heavy (non-hydrogen) atoms. The quantitative estimate of drug-likeness (QED) is 0.325. The fraction of sp³-hybridized carbons (Fsp3) is 0.231. The molecule has 0 atom stereocenters. The van der Waals surface area contributed by atoms with Crippen molar-refractivity contribution in [1.82, 2.24) is 19.7 Å². The molecule has 2 amide bonds. The number of benzene rings is 2. The fourth-order valence-corrected chi connectivity index (χ4v) is 4.29. The summed E-state index contributed by atoms with van der Waals surface area (Å²) < 4.78 is 42.7. The van der Waals surface area contributed by atoms with Crippen LogP contribution in [0.1, 0.15) is 43.4 Å². The molecule has 7 nitrogen and oxygen atoms in total. The standard InChI is InChI=1S/C26H23BrF3N5O2/c1-14-23(15(2)35(33-14)13-16-5-7-17(8-6-16)25(37)34(3)4)32-24(36)20-12-22(26(28,29)30)31-21-10-9-18(27)11-19(20)21/h5-12H,13H2,1-4H3,(H,32,36). The van der Waals surface area contributed by atoms with Gasteiger partial charge in [0.05, 0.1) is 34.7 Å². The zero-order valence-electron chi connectivity index (χ0n) is 20.4. The first-order chi connectivity index (χ1) is 17.3. The van der Waals surface area contributed by atoms with Crippen LogP contribution >= 0.6 is 15.9 Å². The van der Waals surface area contributed by atoms with E-state index in [2.05, 4.69) is 31.3 Å². The first kappa shape index (κ1) is 26.3. The van der Waals surface area contributed by atoms with Crippen molar-refractivity contribution in [2.45, 2.75) is 26.6 Å². The summed E-state index contributed by atoms with van der Waals surface area (Å²) in [4.78, 5) is 30.5. The smallest absolute Gasteiger partial charge is 0.345 e. The van der Waals surface area contributed by atoms with E-state index in [1.807, 2.05) is 12.1 Å². The number of rotatable bonds is 5. The Morgan fingerprint density at radius 2 is 1.73 bits per heavy atom. The first-order valence-corrected chi connectivity index (χ1v) is 12.0. The minimum Gasteiger partial charge on any atom is -0.345 e. The molecule has 1 N–H and O–H groups in total. The van der Waals surface area contributed by atoms with Gasteiger partial charge in [-0.05, 0) is 55.8 Å². The lowest BCUT2D eigenvalue weighted by molar-refractivity contribution is -0.140. The van der Waals surface area contributed by atoms with Gasteiger partial charge in [0.25, 0.3) is 11.8 Å². The first-order valence-electron chi connectivity index (χ1n) is 11.2. The van der Waals surface area contributed by atoms with E-state index in [0.29, 0.717) is 33.7 Å². The lowest BCUT2D eigenvalue weighted by Gasteiger charge is -2.13. The van der Waals surface area contributed by atoms with Gasteiger partial charge < -0.3 is 10.2 Å². The number of aromatic nitrogens is 3. The average Bonchev–Trinajstić information content (AvgIpc) is 3.09. The Kier molecular flexibility index (Phi) is 7.09. The summed E-state index contributed by atoms with van der Waals surface area (Å²) in [5.74, 6) is -0.805. The normalized spacial score (nSPS) is 11.6. The van der Waals surface area contributed by atoms with Crippen molar-refractivity contribution in [2.24, 2.45) is 0 Å². The number of hydrogen-bond acceptors (Lipinski definition) is 4. The number of carbonyl (C=O) groups excluding carboxylic acids is 2. The topological polar surface area (TPSA) is 80.1 Å². The summed E-state index contributed by atoms with van der Waals surface area (Å²) in [5, 5.41) is 7.53. The molecule has 4 aromatic rings. The van der Waals surface area contributed by atoms with Crippen LogP contribution in [0.4, 0.5) is 18.9 Å². The van der Waals surface area contributed by atoms with Crippen LogP contribution in [-0.4, -0.2) is 45.6 Å². The van der Waals surface area contributed by atoms with Crippen molar-refractivity contribution in [3.63, 3.8) is 0 Å². The second-order valence-electron chi connectivity index (χ2n) is 8.77. The van der Waals surface area contributed by atoms with E-state index in [1.165, 1.54) is 11.0 Å². The number of nitrogens with one attached hydrogen (secondary N) is 1. The van der Waals surface area contributed by atoms with Gasteiger partial charge in [0, 0.05) is 29.5 Å². The highest BCUT2D eigenvalue weighted by molar-refractivity contribution is 9.10. The molecular weight excluding hydrogens is 551 g/mol. The van der Waals surface area contributed by atoms with E-state index in [1.54, 1.807) is 56.9 Å². The highest BCUT2D eigenvalue weighted by atomic mass is 79.9. The molecule has 192 valence electrons. The molecule has 0 fully saturated rings. The molecular formula is C26H23BrF3N5O2. The number of amides is 2. The van der Waals surface area contributed by atoms with E-state index < -0.39 is 17.8 Å². The van der Waals surface area contributed by atoms with Crippen LogP contribution in [0.5, 0.6) is 0 Å². The number of halogens is 4. The molecule has 0 unspecified atom stereocenters. The Bertz CT molecular complexity index is 1510. The van der Waals surface area contributed by atoms with Crippen molar-refractivity contribution < 1.29 is 22.8 Å². The van der Waals surface area contributed by atoms with E-state index in [9.17, 15) is 22.8 Å². The van der Waals surface area contributed by atoms with Crippen LogP contribution in [0.25, 0.3) is 10.9 Å². The lowest BCUT2D eigenvalue weighted by atomic mass is 10.1. The Labute approximate surface area is 219 Å². The van der Waals surface area contributed by atoms with Crippen LogP contribution < -0.4 is 5.32 Å². The molecule has 0 spiro atoms. The van der Waals surface area contributed by atoms with Crippen molar-refractivity contribution in [3.05, 3.63) is 86.8 Å². The average molecular weight is 574 g/mol. The predicted octanol–water partition coefficient (Wildman–Crippen LogP) is 5.83. The summed E-state index contributed by atoms with van der Waals surface area (Å²) in [6.45, 7) is 3.85. The highest BCUT2D eigenvalue weighted by Gasteiger charge is 2.34. The van der Waals surface area contributed by atoms with Gasteiger partial charge >= 0.3 is 6.18 Å². The Hall–Kier alpha value is -3.73. The number of anilines is 1. The predicted molar refractivity (Wildman–Crippen MR) is 138 cm³/mol. The number of pyridine rings is 1. The third-order valence-electron chi connectivity index (χ3n) is 5.87. The molecule has 4 rings (SSSR count). The number of hydrogen-bond donors (Lipinski definition) is 1. The second kappa shape index (κ2) is 9.97. The Morgan fingerprint density at radius 3 is 2.35 bits per heavy atom. The number of nitrogens with zero attached hydrogens (tertiary/aromatic N) is 4. The molecule has 0 radical (unpaired) electrons. The maximum Gasteiger partial charge on any atom is 0.433 e. The molecule has 0 saturated heterocycles. The molecule has 2 aromatic heterocycles. The van der Waals surface area contributed by atoms with E-state index in [0.717, 1.165) is 11.6 Å². The SMILES string of the molecule is Cc1nn(Cc2ccc(C(=O)N(C)C)cc2)c(C)c1NC(=O)c1cc(C(F)(F)F)nc2ccc(Br)cc12. The summed E-state index contributed by atoms with van der Waals surface area (Å²) in [7, 11) is 3.36. The monoisotopic (exact) mass is 573 g/mol. The number of aryl methyl sites for hydroxylation is 1. The van der Waals surface area contributed by atoms with Crippen molar-refractivity contribution >= 4 is 44.3 Å². The summed E-state index contributed by atoms with van der Waals surface area (Å²) in [5.41, 5.74) is 1.78.